The second-order valence-electron chi connectivity index (χ2n) is 28.6. The summed E-state index contributed by atoms with van der Waals surface area (Å²) in [5.74, 6) is -1.33. The molecule has 0 fully saturated rings. The topological polar surface area (TPSA) is 237 Å². The normalized spacial score (nSPS) is 13.9. The van der Waals surface area contributed by atoms with E-state index in [1.807, 2.05) is 0 Å². The Balaban J connectivity index is 5.15. The van der Waals surface area contributed by atoms with Crippen molar-refractivity contribution in [3.05, 3.63) is 0 Å². The number of ether oxygens (including phenoxy) is 4. The number of aliphatic hydroxyl groups excluding tert-OH is 1. The summed E-state index contributed by atoms with van der Waals surface area (Å²) >= 11 is 0. The van der Waals surface area contributed by atoms with Crippen molar-refractivity contribution in [1.29, 1.82) is 0 Å². The molecule has 17 nitrogen and oxygen atoms in total. The van der Waals surface area contributed by atoms with Gasteiger partial charge in [-0.3, -0.25) is 37.3 Å². The van der Waals surface area contributed by atoms with Gasteiger partial charge in [0.2, 0.25) is 0 Å². The van der Waals surface area contributed by atoms with Gasteiger partial charge in [-0.25, -0.2) is 9.13 Å². The molecule has 0 amide bonds. The van der Waals surface area contributed by atoms with Gasteiger partial charge < -0.3 is 33.8 Å². The molecule has 0 heterocycles. The van der Waals surface area contributed by atoms with Crippen molar-refractivity contribution in [2.45, 2.75) is 432 Å². The monoisotopic (exact) mass is 1420 g/mol. The van der Waals surface area contributed by atoms with Gasteiger partial charge in [0, 0.05) is 25.7 Å². The molecule has 97 heavy (non-hydrogen) atoms. The average molecular weight is 1420 g/mol. The summed E-state index contributed by atoms with van der Waals surface area (Å²) in [4.78, 5) is 72.7. The van der Waals surface area contributed by atoms with Crippen molar-refractivity contribution < 1.29 is 80.2 Å². The molecule has 0 radical (unpaired) electrons. The predicted octanol–water partition coefficient (Wildman–Crippen LogP) is 23.3. The maximum absolute atomic E-state index is 13.1. The van der Waals surface area contributed by atoms with Gasteiger partial charge in [0.25, 0.3) is 0 Å². The van der Waals surface area contributed by atoms with E-state index in [0.29, 0.717) is 25.7 Å². The van der Waals surface area contributed by atoms with Crippen molar-refractivity contribution in [1.82, 2.24) is 0 Å². The van der Waals surface area contributed by atoms with Crippen LogP contribution in [0.4, 0.5) is 0 Å². The van der Waals surface area contributed by atoms with Gasteiger partial charge in [-0.05, 0) is 31.6 Å². The number of carbonyl (C=O) groups excluding carboxylic acids is 4. The van der Waals surface area contributed by atoms with Crippen molar-refractivity contribution in [2.75, 3.05) is 39.6 Å². The van der Waals surface area contributed by atoms with Crippen LogP contribution in [0.25, 0.3) is 0 Å². The lowest BCUT2D eigenvalue weighted by atomic mass is 10.0. The summed E-state index contributed by atoms with van der Waals surface area (Å²) in [6, 6.07) is 0. The molecule has 0 aromatic carbocycles. The summed E-state index contributed by atoms with van der Waals surface area (Å²) < 4.78 is 68.5. The van der Waals surface area contributed by atoms with Crippen LogP contribution in [0.2, 0.25) is 0 Å². The van der Waals surface area contributed by atoms with E-state index in [0.717, 1.165) is 109 Å². The largest absolute Gasteiger partial charge is 0.472 e. The maximum atomic E-state index is 13.1. The summed E-state index contributed by atoms with van der Waals surface area (Å²) in [7, 11) is -9.91. The van der Waals surface area contributed by atoms with Crippen LogP contribution < -0.4 is 0 Å². The molecule has 0 aromatic rings. The van der Waals surface area contributed by atoms with Gasteiger partial charge in [-0.1, -0.05) is 362 Å². The molecule has 0 bridgehead atoms. The third kappa shape index (κ3) is 72.2. The Labute approximate surface area is 594 Å². The lowest BCUT2D eigenvalue weighted by Gasteiger charge is -2.21. The van der Waals surface area contributed by atoms with E-state index in [-0.39, 0.29) is 25.7 Å². The summed E-state index contributed by atoms with van der Waals surface area (Å²) in [5.41, 5.74) is 0. The Bertz CT molecular complexity index is 1860. The van der Waals surface area contributed by atoms with Gasteiger partial charge in [-0.15, -0.1) is 0 Å². The standard InChI is InChI=1S/C78H152O17P2/c1-6-9-12-15-18-20-22-24-25-26-27-28-29-30-31-32-35-40-44-49-54-59-64-78(83)95-74(68-89-76(81)62-57-52-47-42-39-36-33-34-37-41-46-50-55-60-71(4)5)70-93-97(86,87)91-66-72(79)65-90-96(84,85)92-69-73(67-88-75(80)61-56-51-45-17-14-11-8-3)94-77(82)63-58-53-48-43-38-23-21-19-16-13-10-7-2/h71-74,79H,6-70H2,1-5H3,(H,84,85)(H,86,87)/t72-,73+,74+/m0/s1. The van der Waals surface area contributed by atoms with E-state index in [4.69, 9.17) is 37.0 Å². The second kappa shape index (κ2) is 71.1. The fraction of sp³-hybridized carbons (Fsp3) is 0.949. The Morgan fingerprint density at radius 3 is 0.701 bits per heavy atom. The van der Waals surface area contributed by atoms with Gasteiger partial charge in [0.1, 0.15) is 19.3 Å². The fourth-order valence-corrected chi connectivity index (χ4v) is 13.6. The lowest BCUT2D eigenvalue weighted by molar-refractivity contribution is -0.161. The predicted molar refractivity (Wildman–Crippen MR) is 395 cm³/mol. The number of aliphatic hydroxyl groups is 1. The molecule has 0 saturated carbocycles. The van der Waals surface area contributed by atoms with E-state index in [1.54, 1.807) is 0 Å². The molecule has 3 N–H and O–H groups in total. The van der Waals surface area contributed by atoms with Crippen molar-refractivity contribution in [3.8, 4) is 0 Å². The molecule has 0 rings (SSSR count). The van der Waals surface area contributed by atoms with Crippen LogP contribution in [0.5, 0.6) is 0 Å². The van der Waals surface area contributed by atoms with Crippen LogP contribution in [0.15, 0.2) is 0 Å². The van der Waals surface area contributed by atoms with E-state index in [9.17, 15) is 43.2 Å². The van der Waals surface area contributed by atoms with Crippen LogP contribution >= 0.6 is 15.6 Å². The first-order valence-electron chi connectivity index (χ1n) is 40.6. The number of phosphoric ester groups is 2. The third-order valence-electron chi connectivity index (χ3n) is 18.3. The van der Waals surface area contributed by atoms with Gasteiger partial charge >= 0.3 is 39.5 Å². The molecule has 0 aliphatic heterocycles. The minimum atomic E-state index is -4.96. The fourth-order valence-electron chi connectivity index (χ4n) is 12.1. The van der Waals surface area contributed by atoms with Crippen LogP contribution in [0.3, 0.4) is 0 Å². The smallest absolute Gasteiger partial charge is 0.462 e. The maximum Gasteiger partial charge on any atom is 0.472 e. The van der Waals surface area contributed by atoms with Crippen LogP contribution in [-0.4, -0.2) is 96.7 Å². The number of hydrogen-bond acceptors (Lipinski definition) is 15. The molecular weight excluding hydrogens is 1270 g/mol. The van der Waals surface area contributed by atoms with Crippen molar-refractivity contribution >= 4 is 39.5 Å². The summed E-state index contributed by atoms with van der Waals surface area (Å²) in [6.07, 6.45) is 61.3. The zero-order chi connectivity index (χ0) is 71.2. The highest BCUT2D eigenvalue weighted by atomic mass is 31.2. The molecule has 576 valence electrons. The highest BCUT2D eigenvalue weighted by Gasteiger charge is 2.30. The van der Waals surface area contributed by atoms with Crippen LogP contribution in [0, 0.1) is 5.92 Å². The van der Waals surface area contributed by atoms with Gasteiger partial charge in [0.05, 0.1) is 26.4 Å². The first kappa shape index (κ1) is 95.1. The number of hydrogen-bond donors (Lipinski definition) is 3. The van der Waals surface area contributed by atoms with Crippen molar-refractivity contribution in [3.63, 3.8) is 0 Å². The quantitative estimate of drug-likeness (QED) is 0.0222. The second-order valence-corrected chi connectivity index (χ2v) is 31.5. The molecule has 19 heteroatoms. The molecule has 0 spiro atoms. The van der Waals surface area contributed by atoms with E-state index in [2.05, 4.69) is 34.6 Å². The number of phosphoric acid groups is 2. The highest BCUT2D eigenvalue weighted by Crippen LogP contribution is 2.45. The third-order valence-corrected chi connectivity index (χ3v) is 20.2. The zero-order valence-corrected chi connectivity index (χ0v) is 65.0. The molecule has 0 aromatic heterocycles. The SMILES string of the molecule is CCCCCCCCCCCCCCCCCCCCCCCCC(=O)O[C@H](COC(=O)CCCCCCCCCCCCCCCC(C)C)COP(=O)(O)OC[C@@H](O)COP(=O)(O)OC[C@@H](COC(=O)CCCCCCCCC)OC(=O)CCCCCCCCCCCCCC. The Morgan fingerprint density at radius 1 is 0.278 bits per heavy atom. The molecular formula is C78H152O17P2. The number of unbranched alkanes of at least 4 members (excludes halogenated alkanes) is 50. The number of esters is 4. The molecule has 2 unspecified atom stereocenters. The zero-order valence-electron chi connectivity index (χ0n) is 63.2. The van der Waals surface area contributed by atoms with Gasteiger partial charge in [-0.2, -0.15) is 0 Å². The minimum Gasteiger partial charge on any atom is -0.462 e. The van der Waals surface area contributed by atoms with Crippen LogP contribution in [0.1, 0.15) is 413 Å². The number of carbonyl (C=O) groups is 4. The van der Waals surface area contributed by atoms with E-state index in [1.165, 1.54) is 225 Å². The van der Waals surface area contributed by atoms with Crippen LogP contribution in [-0.2, 0) is 65.4 Å². The molecule has 0 saturated heterocycles. The lowest BCUT2D eigenvalue weighted by Crippen LogP contribution is -2.30. The minimum absolute atomic E-state index is 0.107. The Morgan fingerprint density at radius 2 is 0.474 bits per heavy atom. The highest BCUT2D eigenvalue weighted by molar-refractivity contribution is 7.47. The molecule has 0 aliphatic carbocycles. The first-order valence-corrected chi connectivity index (χ1v) is 43.6. The van der Waals surface area contributed by atoms with E-state index < -0.39 is 97.5 Å². The average Bonchev–Trinajstić information content (AvgIpc) is 1.21. The number of rotatable bonds is 78. The first-order chi connectivity index (χ1) is 47.0. The van der Waals surface area contributed by atoms with Crippen molar-refractivity contribution in [2.24, 2.45) is 5.92 Å². The molecule has 0 aliphatic rings. The van der Waals surface area contributed by atoms with Gasteiger partial charge in [0.15, 0.2) is 12.2 Å². The summed E-state index contributed by atoms with van der Waals surface area (Å²) in [6.45, 7) is 7.28. The Kier molecular flexibility index (Phi) is 69.6. The summed E-state index contributed by atoms with van der Waals surface area (Å²) in [5, 5.41) is 10.6. The molecule has 5 atom stereocenters. The van der Waals surface area contributed by atoms with E-state index >= 15 is 0 Å². The Hall–Kier alpha value is -1.94.